The van der Waals surface area contributed by atoms with Gasteiger partial charge in [-0.3, -0.25) is 4.79 Å². The van der Waals surface area contributed by atoms with Crippen molar-refractivity contribution < 1.29 is 4.79 Å². The van der Waals surface area contributed by atoms with E-state index < -0.39 is 0 Å². The van der Waals surface area contributed by atoms with Gasteiger partial charge in [0.1, 0.15) is 0 Å². The van der Waals surface area contributed by atoms with Crippen LogP contribution < -0.4 is 5.32 Å². The van der Waals surface area contributed by atoms with Crippen LogP contribution in [0.3, 0.4) is 0 Å². The van der Waals surface area contributed by atoms with Crippen LogP contribution in [0, 0.1) is 17.8 Å². The fourth-order valence-electron chi connectivity index (χ4n) is 2.78. The maximum absolute atomic E-state index is 12.3. The Morgan fingerprint density at radius 1 is 1.39 bits per heavy atom. The maximum Gasteiger partial charge on any atom is 0.222 e. The minimum atomic E-state index is 0.337. The number of hydrogen-bond acceptors (Lipinski definition) is 2. The van der Waals surface area contributed by atoms with Gasteiger partial charge >= 0.3 is 0 Å². The van der Waals surface area contributed by atoms with Gasteiger partial charge in [-0.1, -0.05) is 20.8 Å². The van der Waals surface area contributed by atoms with Gasteiger partial charge in [0.25, 0.3) is 0 Å². The molecule has 18 heavy (non-hydrogen) atoms. The number of rotatable bonds is 6. The van der Waals surface area contributed by atoms with Crippen LogP contribution in [0.25, 0.3) is 0 Å². The first-order valence-electron chi connectivity index (χ1n) is 7.53. The normalized spacial score (nSPS) is 21.9. The van der Waals surface area contributed by atoms with Crippen molar-refractivity contribution in [3.05, 3.63) is 0 Å². The average molecular weight is 254 g/mol. The van der Waals surface area contributed by atoms with Gasteiger partial charge in [0.05, 0.1) is 0 Å². The highest BCUT2D eigenvalue weighted by atomic mass is 16.2. The van der Waals surface area contributed by atoms with Gasteiger partial charge in [-0.15, -0.1) is 0 Å². The van der Waals surface area contributed by atoms with Gasteiger partial charge in [0, 0.05) is 19.5 Å². The van der Waals surface area contributed by atoms with Crippen LogP contribution in [-0.4, -0.2) is 37.0 Å². The molecule has 2 atom stereocenters. The van der Waals surface area contributed by atoms with E-state index in [9.17, 15) is 4.79 Å². The maximum atomic E-state index is 12.3. The summed E-state index contributed by atoms with van der Waals surface area (Å²) in [7, 11) is 0. The molecule has 1 saturated heterocycles. The first kappa shape index (κ1) is 15.5. The highest BCUT2D eigenvalue weighted by molar-refractivity contribution is 5.76. The molecule has 106 valence electrons. The molecule has 0 bridgehead atoms. The Morgan fingerprint density at radius 2 is 2.11 bits per heavy atom. The first-order chi connectivity index (χ1) is 8.54. The van der Waals surface area contributed by atoms with Crippen LogP contribution in [0.4, 0.5) is 0 Å². The van der Waals surface area contributed by atoms with E-state index in [0.29, 0.717) is 30.1 Å². The standard InChI is InChI=1S/C15H30N2O/c1-5-17(11-12(2)3)15(18)9-13(4)14-7-6-8-16-10-14/h12-14,16H,5-11H2,1-4H3. The Kier molecular flexibility index (Phi) is 6.69. The second-order valence-corrected chi connectivity index (χ2v) is 6.11. The van der Waals surface area contributed by atoms with E-state index in [1.54, 1.807) is 0 Å². The van der Waals surface area contributed by atoms with Crippen molar-refractivity contribution in [2.75, 3.05) is 26.2 Å². The zero-order valence-corrected chi connectivity index (χ0v) is 12.5. The average Bonchev–Trinajstić information content (AvgIpc) is 2.36. The molecule has 1 heterocycles. The Labute approximate surface area is 112 Å². The van der Waals surface area contributed by atoms with E-state index in [-0.39, 0.29) is 0 Å². The van der Waals surface area contributed by atoms with Gasteiger partial charge < -0.3 is 10.2 Å². The molecule has 0 saturated carbocycles. The van der Waals surface area contributed by atoms with Crippen molar-refractivity contribution in [1.29, 1.82) is 0 Å². The molecular formula is C15H30N2O. The number of hydrogen-bond donors (Lipinski definition) is 1. The summed E-state index contributed by atoms with van der Waals surface area (Å²) in [5, 5.41) is 3.44. The van der Waals surface area contributed by atoms with Crippen molar-refractivity contribution in [1.82, 2.24) is 10.2 Å². The Bertz CT molecular complexity index is 247. The molecule has 1 N–H and O–H groups in total. The molecule has 1 rings (SSSR count). The van der Waals surface area contributed by atoms with E-state index in [2.05, 4.69) is 33.0 Å². The predicted octanol–water partition coefficient (Wildman–Crippen LogP) is 2.52. The van der Waals surface area contributed by atoms with Crippen LogP contribution in [0.2, 0.25) is 0 Å². The molecule has 1 fully saturated rings. The van der Waals surface area contributed by atoms with Crippen LogP contribution >= 0.6 is 0 Å². The van der Waals surface area contributed by atoms with Crippen molar-refractivity contribution in [3.63, 3.8) is 0 Å². The third-order valence-electron chi connectivity index (χ3n) is 3.96. The summed E-state index contributed by atoms with van der Waals surface area (Å²) in [5.41, 5.74) is 0. The van der Waals surface area contributed by atoms with E-state index in [0.717, 1.165) is 26.2 Å². The van der Waals surface area contributed by atoms with Crippen LogP contribution in [0.5, 0.6) is 0 Å². The molecule has 2 unspecified atom stereocenters. The first-order valence-corrected chi connectivity index (χ1v) is 7.53. The minimum Gasteiger partial charge on any atom is -0.343 e. The van der Waals surface area contributed by atoms with E-state index >= 15 is 0 Å². The lowest BCUT2D eigenvalue weighted by molar-refractivity contribution is -0.132. The second-order valence-electron chi connectivity index (χ2n) is 6.11. The minimum absolute atomic E-state index is 0.337. The molecular weight excluding hydrogens is 224 g/mol. The fourth-order valence-corrected chi connectivity index (χ4v) is 2.78. The fraction of sp³-hybridized carbons (Fsp3) is 0.933. The summed E-state index contributed by atoms with van der Waals surface area (Å²) in [6.45, 7) is 12.6. The van der Waals surface area contributed by atoms with Gasteiger partial charge in [0.2, 0.25) is 5.91 Å². The molecule has 0 aromatic rings. The topological polar surface area (TPSA) is 32.3 Å². The third-order valence-corrected chi connectivity index (χ3v) is 3.96. The second kappa shape index (κ2) is 7.78. The largest absolute Gasteiger partial charge is 0.343 e. The van der Waals surface area contributed by atoms with E-state index in [1.165, 1.54) is 12.8 Å². The van der Waals surface area contributed by atoms with Crippen molar-refractivity contribution in [3.8, 4) is 0 Å². The summed E-state index contributed by atoms with van der Waals surface area (Å²) in [6.07, 6.45) is 3.25. The monoisotopic (exact) mass is 254 g/mol. The number of carbonyl (C=O) groups is 1. The molecule has 0 aromatic carbocycles. The molecule has 0 aromatic heterocycles. The third kappa shape index (κ3) is 4.97. The number of nitrogens with one attached hydrogen (secondary N) is 1. The lowest BCUT2D eigenvalue weighted by Crippen LogP contribution is -2.38. The van der Waals surface area contributed by atoms with Crippen molar-refractivity contribution >= 4 is 5.91 Å². The molecule has 1 aliphatic heterocycles. The zero-order valence-electron chi connectivity index (χ0n) is 12.5. The lowest BCUT2D eigenvalue weighted by atomic mass is 9.85. The summed E-state index contributed by atoms with van der Waals surface area (Å²) in [5.74, 6) is 2.08. The van der Waals surface area contributed by atoms with Gasteiger partial charge in [-0.25, -0.2) is 0 Å². The van der Waals surface area contributed by atoms with Crippen molar-refractivity contribution in [2.45, 2.75) is 47.0 Å². The lowest BCUT2D eigenvalue weighted by Gasteiger charge is -2.30. The summed E-state index contributed by atoms with van der Waals surface area (Å²) in [6, 6.07) is 0. The highest BCUT2D eigenvalue weighted by Crippen LogP contribution is 2.23. The van der Waals surface area contributed by atoms with Gasteiger partial charge in [-0.2, -0.15) is 0 Å². The van der Waals surface area contributed by atoms with E-state index in [4.69, 9.17) is 0 Å². The summed E-state index contributed by atoms with van der Waals surface area (Å²) < 4.78 is 0. The number of nitrogens with zero attached hydrogens (tertiary/aromatic N) is 1. The quantitative estimate of drug-likeness (QED) is 0.790. The SMILES string of the molecule is CCN(CC(C)C)C(=O)CC(C)C1CCCNC1. The van der Waals surface area contributed by atoms with Crippen LogP contribution in [0.1, 0.15) is 47.0 Å². The number of amides is 1. The molecule has 1 amide bonds. The van der Waals surface area contributed by atoms with Gasteiger partial charge in [0.15, 0.2) is 0 Å². The predicted molar refractivity (Wildman–Crippen MR) is 76.5 cm³/mol. The molecule has 1 aliphatic rings. The molecule has 3 heteroatoms. The summed E-state index contributed by atoms with van der Waals surface area (Å²) in [4.78, 5) is 14.3. The van der Waals surface area contributed by atoms with Crippen LogP contribution in [0.15, 0.2) is 0 Å². The molecule has 0 radical (unpaired) electrons. The molecule has 0 aliphatic carbocycles. The zero-order chi connectivity index (χ0) is 13.5. The highest BCUT2D eigenvalue weighted by Gasteiger charge is 2.24. The Morgan fingerprint density at radius 3 is 2.61 bits per heavy atom. The molecule has 3 nitrogen and oxygen atoms in total. The summed E-state index contributed by atoms with van der Waals surface area (Å²) >= 11 is 0. The van der Waals surface area contributed by atoms with Gasteiger partial charge in [-0.05, 0) is 50.6 Å². The smallest absolute Gasteiger partial charge is 0.222 e. The Balaban J connectivity index is 2.41. The number of piperidine rings is 1. The van der Waals surface area contributed by atoms with Crippen LogP contribution in [-0.2, 0) is 4.79 Å². The number of carbonyl (C=O) groups excluding carboxylic acids is 1. The molecule has 0 spiro atoms. The van der Waals surface area contributed by atoms with Crippen molar-refractivity contribution in [2.24, 2.45) is 17.8 Å². The Hall–Kier alpha value is -0.570. The van der Waals surface area contributed by atoms with E-state index in [1.807, 2.05) is 4.90 Å².